The van der Waals surface area contributed by atoms with Crippen LogP contribution in [-0.4, -0.2) is 5.11 Å². The van der Waals surface area contributed by atoms with Crippen molar-refractivity contribution in [2.75, 3.05) is 0 Å². The minimum Gasteiger partial charge on any atom is -0.384 e. The van der Waals surface area contributed by atoms with E-state index in [1.165, 1.54) is 19.1 Å². The van der Waals surface area contributed by atoms with Gasteiger partial charge in [-0.3, -0.25) is 0 Å². The van der Waals surface area contributed by atoms with Gasteiger partial charge in [0, 0.05) is 9.13 Å². The van der Waals surface area contributed by atoms with Gasteiger partial charge in [-0.05, 0) is 52.8 Å². The smallest absolute Gasteiger partial charge is 0.165 e. The Kier molecular flexibility index (Phi) is 3.97. The van der Waals surface area contributed by atoms with Crippen LogP contribution in [0.4, 0.5) is 8.78 Å². The standard InChI is InChI=1S/C14H11F2IO/c1-8-5-6-11(13(16)12(8)15)14(18)9-3-2-4-10(17)7-9/h2-7,14,18H,1H3. The summed E-state index contributed by atoms with van der Waals surface area (Å²) in [6.07, 6.45) is -1.16. The zero-order valence-electron chi connectivity index (χ0n) is 9.62. The maximum Gasteiger partial charge on any atom is 0.165 e. The van der Waals surface area contributed by atoms with Gasteiger partial charge in [-0.15, -0.1) is 0 Å². The van der Waals surface area contributed by atoms with Crippen LogP contribution in [0.1, 0.15) is 22.8 Å². The Morgan fingerprint density at radius 1 is 1.11 bits per heavy atom. The van der Waals surface area contributed by atoms with Gasteiger partial charge in [-0.25, -0.2) is 8.78 Å². The molecule has 2 aromatic carbocycles. The van der Waals surface area contributed by atoms with Gasteiger partial charge < -0.3 is 5.11 Å². The van der Waals surface area contributed by atoms with Crippen LogP contribution in [0.3, 0.4) is 0 Å². The second-order valence-corrected chi connectivity index (χ2v) is 5.30. The zero-order valence-corrected chi connectivity index (χ0v) is 11.8. The number of benzene rings is 2. The number of halogens is 3. The number of aliphatic hydroxyl groups excluding tert-OH is 1. The molecule has 0 spiro atoms. The summed E-state index contributed by atoms with van der Waals surface area (Å²) in [4.78, 5) is 0. The lowest BCUT2D eigenvalue weighted by Gasteiger charge is -2.14. The normalized spacial score (nSPS) is 12.5. The molecule has 0 aliphatic carbocycles. The van der Waals surface area contributed by atoms with Crippen LogP contribution in [0, 0.1) is 22.1 Å². The monoisotopic (exact) mass is 360 g/mol. The van der Waals surface area contributed by atoms with E-state index in [1.54, 1.807) is 18.2 Å². The van der Waals surface area contributed by atoms with Gasteiger partial charge in [0.1, 0.15) is 6.10 Å². The molecule has 18 heavy (non-hydrogen) atoms. The lowest BCUT2D eigenvalue weighted by molar-refractivity contribution is 0.213. The van der Waals surface area contributed by atoms with Crippen LogP contribution in [0.25, 0.3) is 0 Å². The second-order valence-electron chi connectivity index (χ2n) is 4.06. The molecular formula is C14H11F2IO. The molecule has 0 aliphatic heterocycles. The van der Waals surface area contributed by atoms with E-state index in [0.717, 1.165) is 3.57 Å². The molecule has 1 nitrogen and oxygen atoms in total. The number of rotatable bonds is 2. The Morgan fingerprint density at radius 3 is 2.50 bits per heavy atom. The Labute approximate surface area is 118 Å². The summed E-state index contributed by atoms with van der Waals surface area (Å²) >= 11 is 2.10. The van der Waals surface area contributed by atoms with Crippen molar-refractivity contribution in [1.29, 1.82) is 0 Å². The first-order valence-electron chi connectivity index (χ1n) is 5.38. The minimum atomic E-state index is -1.16. The van der Waals surface area contributed by atoms with Crippen molar-refractivity contribution in [3.8, 4) is 0 Å². The molecule has 0 amide bonds. The highest BCUT2D eigenvalue weighted by molar-refractivity contribution is 14.1. The summed E-state index contributed by atoms with van der Waals surface area (Å²) in [5, 5.41) is 10.1. The van der Waals surface area contributed by atoms with Crippen molar-refractivity contribution >= 4 is 22.6 Å². The fraction of sp³-hybridized carbons (Fsp3) is 0.143. The maximum absolute atomic E-state index is 13.8. The molecular weight excluding hydrogens is 349 g/mol. The van der Waals surface area contributed by atoms with Crippen molar-refractivity contribution in [1.82, 2.24) is 0 Å². The molecule has 0 fully saturated rings. The van der Waals surface area contributed by atoms with Crippen LogP contribution >= 0.6 is 22.6 Å². The van der Waals surface area contributed by atoms with Crippen LogP contribution < -0.4 is 0 Å². The summed E-state index contributed by atoms with van der Waals surface area (Å²) in [7, 11) is 0. The van der Waals surface area contributed by atoms with Crippen molar-refractivity contribution in [3.05, 3.63) is 68.3 Å². The topological polar surface area (TPSA) is 20.2 Å². The highest BCUT2D eigenvalue weighted by Gasteiger charge is 2.19. The molecule has 0 bridgehead atoms. The van der Waals surface area contributed by atoms with E-state index in [4.69, 9.17) is 0 Å². The van der Waals surface area contributed by atoms with Gasteiger partial charge in [-0.2, -0.15) is 0 Å². The molecule has 2 rings (SSSR count). The Hall–Kier alpha value is -1.01. The Morgan fingerprint density at radius 2 is 1.83 bits per heavy atom. The van der Waals surface area contributed by atoms with Crippen LogP contribution in [-0.2, 0) is 0 Å². The molecule has 1 atom stereocenters. The quantitative estimate of drug-likeness (QED) is 0.804. The minimum absolute atomic E-state index is 0.0416. The van der Waals surface area contributed by atoms with Crippen molar-refractivity contribution in [3.63, 3.8) is 0 Å². The van der Waals surface area contributed by atoms with Crippen LogP contribution in [0.5, 0.6) is 0 Å². The molecule has 0 radical (unpaired) electrons. The SMILES string of the molecule is Cc1ccc(C(O)c2cccc(I)c2)c(F)c1F. The molecule has 0 heterocycles. The average Bonchev–Trinajstić information content (AvgIpc) is 2.35. The van der Waals surface area contributed by atoms with Crippen molar-refractivity contribution in [2.24, 2.45) is 0 Å². The average molecular weight is 360 g/mol. The molecule has 94 valence electrons. The largest absolute Gasteiger partial charge is 0.384 e. The van der Waals surface area contributed by atoms with Gasteiger partial charge in [-0.1, -0.05) is 24.3 Å². The molecule has 0 saturated carbocycles. The van der Waals surface area contributed by atoms with Crippen LogP contribution in [0.15, 0.2) is 36.4 Å². The first-order chi connectivity index (χ1) is 8.50. The Balaban J connectivity index is 2.46. The summed E-state index contributed by atoms with van der Waals surface area (Å²) in [6.45, 7) is 1.49. The van der Waals surface area contributed by atoms with Gasteiger partial charge in [0.15, 0.2) is 11.6 Å². The van der Waals surface area contributed by atoms with E-state index in [1.807, 2.05) is 6.07 Å². The number of aryl methyl sites for hydroxylation is 1. The first-order valence-corrected chi connectivity index (χ1v) is 6.46. The van der Waals surface area contributed by atoms with E-state index in [2.05, 4.69) is 22.6 Å². The van der Waals surface area contributed by atoms with E-state index in [0.29, 0.717) is 5.56 Å². The molecule has 2 aromatic rings. The first kappa shape index (κ1) is 13.4. The summed E-state index contributed by atoms with van der Waals surface area (Å²) in [6, 6.07) is 9.93. The summed E-state index contributed by atoms with van der Waals surface area (Å²) < 4.78 is 28.1. The van der Waals surface area contributed by atoms with Crippen molar-refractivity contribution < 1.29 is 13.9 Å². The lowest BCUT2D eigenvalue weighted by Crippen LogP contribution is -2.05. The number of aliphatic hydroxyl groups is 1. The predicted octanol–water partition coefficient (Wildman–Crippen LogP) is 3.96. The third-order valence-electron chi connectivity index (χ3n) is 2.76. The number of hydrogen-bond acceptors (Lipinski definition) is 1. The van der Waals surface area contributed by atoms with E-state index in [-0.39, 0.29) is 11.1 Å². The van der Waals surface area contributed by atoms with Gasteiger partial charge >= 0.3 is 0 Å². The molecule has 1 N–H and O–H groups in total. The van der Waals surface area contributed by atoms with E-state index < -0.39 is 17.7 Å². The molecule has 1 unspecified atom stereocenters. The van der Waals surface area contributed by atoms with E-state index >= 15 is 0 Å². The maximum atomic E-state index is 13.8. The highest BCUT2D eigenvalue weighted by atomic mass is 127. The van der Waals surface area contributed by atoms with Gasteiger partial charge in [0.2, 0.25) is 0 Å². The van der Waals surface area contributed by atoms with Gasteiger partial charge in [0.25, 0.3) is 0 Å². The fourth-order valence-electron chi connectivity index (χ4n) is 1.73. The van der Waals surface area contributed by atoms with Crippen LogP contribution in [0.2, 0.25) is 0 Å². The Bertz CT molecular complexity index is 584. The molecule has 0 aliphatic rings. The fourth-order valence-corrected chi connectivity index (χ4v) is 2.30. The lowest BCUT2D eigenvalue weighted by atomic mass is 9.99. The molecule has 0 saturated heterocycles. The van der Waals surface area contributed by atoms with Gasteiger partial charge in [0.05, 0.1) is 0 Å². The third-order valence-corrected chi connectivity index (χ3v) is 3.44. The third kappa shape index (κ3) is 2.54. The van der Waals surface area contributed by atoms with Crippen molar-refractivity contribution in [2.45, 2.75) is 13.0 Å². The second kappa shape index (κ2) is 5.32. The summed E-state index contributed by atoms with van der Waals surface area (Å²) in [5.41, 5.74) is 0.732. The number of hydrogen-bond donors (Lipinski definition) is 1. The zero-order chi connectivity index (χ0) is 13.3. The highest BCUT2D eigenvalue weighted by Crippen LogP contribution is 2.27. The predicted molar refractivity (Wildman–Crippen MR) is 74.3 cm³/mol. The van der Waals surface area contributed by atoms with E-state index in [9.17, 15) is 13.9 Å². The summed E-state index contributed by atoms with van der Waals surface area (Å²) in [5.74, 6) is -1.89. The molecule has 4 heteroatoms. The molecule has 0 aromatic heterocycles.